The summed E-state index contributed by atoms with van der Waals surface area (Å²) in [5.74, 6) is 0.129. The number of nitrogens with zero attached hydrogens (tertiary/aromatic N) is 1. The molecule has 1 aliphatic heterocycles. The molecule has 2 aromatic carbocycles. The fourth-order valence-corrected chi connectivity index (χ4v) is 5.78. The summed E-state index contributed by atoms with van der Waals surface area (Å²) in [5, 5.41) is 2.89. The molecule has 3 amide bonds. The molecule has 6 nitrogen and oxygen atoms in total. The van der Waals surface area contributed by atoms with Gasteiger partial charge in [0.1, 0.15) is 11.8 Å². The maximum absolute atomic E-state index is 13.4. The number of hydrogen-bond donors (Lipinski definition) is 1. The Hall–Kier alpha value is -3.15. The summed E-state index contributed by atoms with van der Waals surface area (Å²) < 4.78 is 5.17. The van der Waals surface area contributed by atoms with Gasteiger partial charge in [-0.05, 0) is 60.9 Å². The number of ether oxygens (including phenoxy) is 1. The van der Waals surface area contributed by atoms with Crippen molar-refractivity contribution in [3.8, 4) is 5.75 Å². The molecule has 1 heterocycles. The molecule has 0 aromatic heterocycles. The highest BCUT2D eigenvalue weighted by Gasteiger charge is 2.62. The Labute approximate surface area is 181 Å². The first-order chi connectivity index (χ1) is 15.1. The second-order valence-electron chi connectivity index (χ2n) is 8.85. The summed E-state index contributed by atoms with van der Waals surface area (Å²) in [5.41, 5.74) is 1.52. The largest absolute Gasteiger partial charge is 0.497 e. The molecule has 160 valence electrons. The van der Waals surface area contributed by atoms with Crippen LogP contribution in [0.5, 0.6) is 5.75 Å². The number of anilines is 1. The molecule has 5 rings (SSSR count). The number of hydrogen-bond acceptors (Lipinski definition) is 4. The van der Waals surface area contributed by atoms with Gasteiger partial charge in [-0.1, -0.05) is 30.3 Å². The normalized spacial score (nSPS) is 27.3. The summed E-state index contributed by atoms with van der Waals surface area (Å²) in [4.78, 5) is 41.4. The van der Waals surface area contributed by atoms with Gasteiger partial charge in [-0.3, -0.25) is 19.3 Å². The van der Waals surface area contributed by atoms with Gasteiger partial charge in [0.15, 0.2) is 0 Å². The number of benzene rings is 2. The molecule has 31 heavy (non-hydrogen) atoms. The average molecular weight is 418 g/mol. The van der Waals surface area contributed by atoms with E-state index in [1.807, 2.05) is 30.3 Å². The molecule has 3 aliphatic rings. The number of methoxy groups -OCH3 is 1. The number of likely N-dealkylation sites (tertiary alicyclic amines) is 1. The molecule has 5 atom stereocenters. The first-order valence-corrected chi connectivity index (χ1v) is 10.9. The molecule has 2 saturated carbocycles. The molecule has 2 aromatic rings. The van der Waals surface area contributed by atoms with Crippen LogP contribution in [-0.4, -0.2) is 35.8 Å². The van der Waals surface area contributed by atoms with Crippen molar-refractivity contribution in [3.05, 3.63) is 60.2 Å². The van der Waals surface area contributed by atoms with Crippen molar-refractivity contribution in [1.82, 2.24) is 4.90 Å². The molecule has 5 unspecified atom stereocenters. The van der Waals surface area contributed by atoms with Gasteiger partial charge in [-0.25, -0.2) is 0 Å². The Balaban J connectivity index is 1.43. The minimum Gasteiger partial charge on any atom is -0.497 e. The highest BCUT2D eigenvalue weighted by molar-refractivity contribution is 6.10. The number of nitrogens with one attached hydrogen (secondary N) is 1. The van der Waals surface area contributed by atoms with Crippen molar-refractivity contribution in [2.45, 2.75) is 31.7 Å². The zero-order valence-corrected chi connectivity index (χ0v) is 17.5. The quantitative estimate of drug-likeness (QED) is 0.731. The summed E-state index contributed by atoms with van der Waals surface area (Å²) in [7, 11) is 1.58. The van der Waals surface area contributed by atoms with E-state index in [2.05, 4.69) is 5.32 Å². The summed E-state index contributed by atoms with van der Waals surface area (Å²) in [6.07, 6.45) is 3.30. The fraction of sp³-hybridized carbons (Fsp3) is 0.400. The monoisotopic (exact) mass is 418 g/mol. The Kier molecular flexibility index (Phi) is 5.00. The molecule has 1 N–H and O–H groups in total. The fourth-order valence-electron chi connectivity index (χ4n) is 5.78. The molecular formula is C25H26N2O4. The van der Waals surface area contributed by atoms with Crippen LogP contribution in [-0.2, 0) is 20.8 Å². The van der Waals surface area contributed by atoms with Gasteiger partial charge < -0.3 is 10.1 Å². The van der Waals surface area contributed by atoms with Crippen LogP contribution in [0.25, 0.3) is 0 Å². The third kappa shape index (κ3) is 3.40. The van der Waals surface area contributed by atoms with Crippen molar-refractivity contribution in [2.75, 3.05) is 12.4 Å². The number of amides is 3. The molecule has 6 heteroatoms. The Bertz CT molecular complexity index is 976. The van der Waals surface area contributed by atoms with Gasteiger partial charge in [0.05, 0.1) is 18.9 Å². The van der Waals surface area contributed by atoms with Gasteiger partial charge in [0, 0.05) is 12.1 Å². The summed E-state index contributed by atoms with van der Waals surface area (Å²) >= 11 is 0. The maximum atomic E-state index is 13.4. The molecule has 2 aliphatic carbocycles. The van der Waals surface area contributed by atoms with E-state index >= 15 is 0 Å². The van der Waals surface area contributed by atoms with Gasteiger partial charge in [0.2, 0.25) is 17.7 Å². The lowest BCUT2D eigenvalue weighted by molar-refractivity contribution is -0.147. The smallest absolute Gasteiger partial charge is 0.248 e. The van der Waals surface area contributed by atoms with Crippen molar-refractivity contribution in [2.24, 2.45) is 23.7 Å². The first-order valence-electron chi connectivity index (χ1n) is 10.9. The van der Waals surface area contributed by atoms with E-state index in [-0.39, 0.29) is 29.6 Å². The lowest BCUT2D eigenvalue weighted by atomic mass is 9.81. The van der Waals surface area contributed by atoms with Gasteiger partial charge in [-0.15, -0.1) is 0 Å². The van der Waals surface area contributed by atoms with E-state index in [0.29, 0.717) is 29.7 Å². The third-order valence-electron chi connectivity index (χ3n) is 7.21. The number of carbonyl (C=O) groups excluding carboxylic acids is 3. The SMILES string of the molecule is COc1ccc(NC(=O)C(Cc2ccccc2)N2C(=O)C3C4CCC(C4)C3C2=O)cc1. The van der Waals surface area contributed by atoms with Crippen LogP contribution in [0.3, 0.4) is 0 Å². The standard InChI is InChI=1S/C25H26N2O4/c1-31-19-11-9-18(10-12-19)26-23(28)20(13-15-5-3-2-4-6-15)27-24(29)21-16-7-8-17(14-16)22(21)25(27)30/h2-6,9-12,16-17,20-22H,7-8,13-14H2,1H3,(H,26,28). The minimum atomic E-state index is -0.866. The van der Waals surface area contributed by atoms with Crippen LogP contribution >= 0.6 is 0 Å². The zero-order chi connectivity index (χ0) is 21.5. The van der Waals surface area contributed by atoms with E-state index in [4.69, 9.17) is 4.74 Å². The van der Waals surface area contributed by atoms with Gasteiger partial charge in [0.25, 0.3) is 0 Å². The predicted molar refractivity (Wildman–Crippen MR) is 115 cm³/mol. The average Bonchev–Trinajstić information content (AvgIpc) is 3.47. The molecule has 0 radical (unpaired) electrons. The van der Waals surface area contributed by atoms with Crippen molar-refractivity contribution in [1.29, 1.82) is 0 Å². The Morgan fingerprint density at radius 2 is 1.61 bits per heavy atom. The molecule has 1 saturated heterocycles. The van der Waals surface area contributed by atoms with Gasteiger partial charge in [-0.2, -0.15) is 0 Å². The number of fused-ring (bicyclic) bond motifs is 5. The lowest BCUT2D eigenvalue weighted by Gasteiger charge is -2.27. The predicted octanol–water partition coefficient (Wildman–Crippen LogP) is 3.28. The van der Waals surface area contributed by atoms with Gasteiger partial charge >= 0.3 is 0 Å². The Morgan fingerprint density at radius 3 is 2.19 bits per heavy atom. The highest BCUT2D eigenvalue weighted by atomic mass is 16.5. The van der Waals surface area contributed by atoms with E-state index < -0.39 is 6.04 Å². The van der Waals surface area contributed by atoms with Crippen LogP contribution in [0.1, 0.15) is 24.8 Å². The second kappa shape index (κ2) is 7.84. The van der Waals surface area contributed by atoms with Crippen LogP contribution in [0.2, 0.25) is 0 Å². The van der Waals surface area contributed by atoms with E-state index in [1.54, 1.807) is 31.4 Å². The van der Waals surface area contributed by atoms with Crippen LogP contribution in [0, 0.1) is 23.7 Å². The molecule has 2 bridgehead atoms. The topological polar surface area (TPSA) is 75.7 Å². The molecule has 0 spiro atoms. The van der Waals surface area contributed by atoms with Crippen LogP contribution in [0.15, 0.2) is 54.6 Å². The van der Waals surface area contributed by atoms with Crippen molar-refractivity contribution < 1.29 is 19.1 Å². The number of imide groups is 1. The van der Waals surface area contributed by atoms with Crippen molar-refractivity contribution in [3.63, 3.8) is 0 Å². The lowest BCUT2D eigenvalue weighted by Crippen LogP contribution is -2.49. The third-order valence-corrected chi connectivity index (χ3v) is 7.21. The van der Waals surface area contributed by atoms with Crippen molar-refractivity contribution >= 4 is 23.4 Å². The number of carbonyl (C=O) groups is 3. The van der Waals surface area contributed by atoms with Crippen LogP contribution < -0.4 is 10.1 Å². The highest BCUT2D eigenvalue weighted by Crippen LogP contribution is 2.56. The number of rotatable bonds is 6. The first kappa shape index (κ1) is 19.8. The summed E-state index contributed by atoms with van der Waals surface area (Å²) in [6.45, 7) is 0. The molecule has 3 fully saturated rings. The van der Waals surface area contributed by atoms with Crippen LogP contribution in [0.4, 0.5) is 5.69 Å². The van der Waals surface area contributed by atoms with E-state index in [9.17, 15) is 14.4 Å². The van der Waals surface area contributed by atoms with E-state index in [1.165, 1.54) is 4.90 Å². The maximum Gasteiger partial charge on any atom is 0.248 e. The molecular weight excluding hydrogens is 392 g/mol. The van der Waals surface area contributed by atoms with E-state index in [0.717, 1.165) is 24.8 Å². The second-order valence-corrected chi connectivity index (χ2v) is 8.85. The zero-order valence-electron chi connectivity index (χ0n) is 17.5. The summed E-state index contributed by atoms with van der Waals surface area (Å²) in [6, 6.07) is 15.7. The minimum absolute atomic E-state index is 0.159. The Morgan fingerprint density at radius 1 is 1.00 bits per heavy atom.